The lowest BCUT2D eigenvalue weighted by molar-refractivity contribution is 0.150. The molecule has 0 aromatic heterocycles. The molecule has 0 heterocycles. The molecule has 0 amide bonds. The van der Waals surface area contributed by atoms with E-state index in [1.165, 1.54) is 13.5 Å². The Morgan fingerprint density at radius 2 is 2.05 bits per heavy atom. The lowest BCUT2D eigenvalue weighted by Crippen LogP contribution is -2.48. The first-order valence-electron chi connectivity index (χ1n) is 6.96. The Labute approximate surface area is 115 Å². The van der Waals surface area contributed by atoms with Gasteiger partial charge in [-0.25, -0.2) is 4.39 Å². The number of hydrogen-bond acceptors (Lipinski definition) is 2. The van der Waals surface area contributed by atoms with Crippen LogP contribution in [0.3, 0.4) is 0 Å². The molecule has 0 bridgehead atoms. The Bertz CT molecular complexity index is 458. The van der Waals surface area contributed by atoms with E-state index in [1.54, 1.807) is 6.07 Å². The number of nitrogens with two attached hydrogens (primary N) is 1. The molecule has 2 nitrogen and oxygen atoms in total. The zero-order valence-electron chi connectivity index (χ0n) is 12.1. The fraction of sp³-hybridized carbons (Fsp3) is 0.625. The molecule has 2 rings (SSSR count). The summed E-state index contributed by atoms with van der Waals surface area (Å²) < 4.78 is 19.2. The van der Waals surface area contributed by atoms with Gasteiger partial charge in [0.25, 0.3) is 0 Å². The number of ether oxygens (including phenoxy) is 1. The van der Waals surface area contributed by atoms with Crippen LogP contribution >= 0.6 is 0 Å². The summed E-state index contributed by atoms with van der Waals surface area (Å²) in [7, 11) is 1.49. The minimum atomic E-state index is -0.297. The van der Waals surface area contributed by atoms with Crippen molar-refractivity contribution in [2.24, 2.45) is 11.1 Å². The summed E-state index contributed by atoms with van der Waals surface area (Å²) in [5, 5.41) is 0. The number of halogens is 1. The normalized spacial score (nSPS) is 26.2. The van der Waals surface area contributed by atoms with Crippen molar-refractivity contribution < 1.29 is 9.13 Å². The second-order valence-electron chi connectivity index (χ2n) is 6.67. The van der Waals surface area contributed by atoms with E-state index >= 15 is 0 Å². The van der Waals surface area contributed by atoms with Crippen LogP contribution in [0.2, 0.25) is 0 Å². The number of rotatable bonds is 3. The highest BCUT2D eigenvalue weighted by Gasteiger charge is 2.37. The second kappa shape index (κ2) is 5.12. The van der Waals surface area contributed by atoms with Gasteiger partial charge < -0.3 is 10.5 Å². The van der Waals surface area contributed by atoms with E-state index in [1.807, 2.05) is 12.1 Å². The van der Waals surface area contributed by atoms with Gasteiger partial charge in [-0.2, -0.15) is 0 Å². The van der Waals surface area contributed by atoms with Gasteiger partial charge in [0.15, 0.2) is 11.6 Å². The summed E-state index contributed by atoms with van der Waals surface area (Å²) in [5.74, 6) is 0.0365. The first kappa shape index (κ1) is 14.3. The van der Waals surface area contributed by atoms with Gasteiger partial charge in [0.05, 0.1) is 7.11 Å². The highest BCUT2D eigenvalue weighted by Crippen LogP contribution is 2.41. The Kier molecular flexibility index (Phi) is 3.86. The molecular weight excluding hydrogens is 241 g/mol. The van der Waals surface area contributed by atoms with Crippen LogP contribution in [0.1, 0.15) is 45.1 Å². The SMILES string of the molecule is COc1cccc(CC2(N)CCCC(C)(C)C2)c1F. The smallest absolute Gasteiger partial charge is 0.168 e. The Morgan fingerprint density at radius 3 is 2.68 bits per heavy atom. The summed E-state index contributed by atoms with van der Waals surface area (Å²) in [5.41, 5.74) is 7.14. The molecule has 2 N–H and O–H groups in total. The van der Waals surface area contributed by atoms with E-state index in [0.29, 0.717) is 17.7 Å². The largest absolute Gasteiger partial charge is 0.494 e. The Morgan fingerprint density at radius 1 is 1.32 bits per heavy atom. The van der Waals surface area contributed by atoms with Crippen molar-refractivity contribution in [3.05, 3.63) is 29.6 Å². The molecule has 0 aliphatic heterocycles. The fourth-order valence-corrected chi connectivity index (χ4v) is 3.43. The average Bonchev–Trinajstić information content (AvgIpc) is 2.30. The van der Waals surface area contributed by atoms with Gasteiger partial charge in [-0.1, -0.05) is 32.4 Å². The van der Waals surface area contributed by atoms with E-state index in [-0.39, 0.29) is 16.8 Å². The van der Waals surface area contributed by atoms with E-state index in [2.05, 4.69) is 13.8 Å². The van der Waals surface area contributed by atoms with Gasteiger partial charge in [0.2, 0.25) is 0 Å². The van der Waals surface area contributed by atoms with Crippen LogP contribution in [0.25, 0.3) is 0 Å². The van der Waals surface area contributed by atoms with Crippen LogP contribution in [0.5, 0.6) is 5.75 Å². The molecule has 1 aromatic rings. The monoisotopic (exact) mass is 265 g/mol. The van der Waals surface area contributed by atoms with Crippen LogP contribution in [-0.4, -0.2) is 12.6 Å². The molecule has 1 atom stereocenters. The van der Waals surface area contributed by atoms with Gasteiger partial charge in [0, 0.05) is 5.54 Å². The molecular formula is C16H24FNO. The molecule has 1 aromatic carbocycles. The van der Waals surface area contributed by atoms with Crippen molar-refractivity contribution in [2.75, 3.05) is 7.11 Å². The summed E-state index contributed by atoms with van der Waals surface area (Å²) in [6.07, 6.45) is 4.81. The van der Waals surface area contributed by atoms with Gasteiger partial charge in [-0.3, -0.25) is 0 Å². The quantitative estimate of drug-likeness (QED) is 0.905. The lowest BCUT2D eigenvalue weighted by Gasteiger charge is -2.42. The second-order valence-corrected chi connectivity index (χ2v) is 6.67. The molecule has 0 saturated heterocycles. The van der Waals surface area contributed by atoms with Crippen molar-refractivity contribution in [2.45, 2.75) is 51.5 Å². The van der Waals surface area contributed by atoms with E-state index in [4.69, 9.17) is 10.5 Å². The van der Waals surface area contributed by atoms with Crippen molar-refractivity contribution >= 4 is 0 Å². The number of benzene rings is 1. The summed E-state index contributed by atoms with van der Waals surface area (Å²) >= 11 is 0. The molecule has 0 radical (unpaired) electrons. The first-order valence-corrected chi connectivity index (χ1v) is 6.96. The minimum absolute atomic E-state index is 0.252. The van der Waals surface area contributed by atoms with Crippen LogP contribution in [-0.2, 0) is 6.42 Å². The predicted molar refractivity (Wildman–Crippen MR) is 75.8 cm³/mol. The fourth-order valence-electron chi connectivity index (χ4n) is 3.43. The van der Waals surface area contributed by atoms with Crippen molar-refractivity contribution in [3.8, 4) is 5.75 Å². The van der Waals surface area contributed by atoms with Gasteiger partial charge in [-0.15, -0.1) is 0 Å². The molecule has 1 unspecified atom stereocenters. The molecule has 1 fully saturated rings. The van der Waals surface area contributed by atoms with Gasteiger partial charge in [0.1, 0.15) is 0 Å². The third-order valence-corrected chi connectivity index (χ3v) is 4.16. The molecule has 1 aliphatic rings. The van der Waals surface area contributed by atoms with Gasteiger partial charge in [-0.05, 0) is 42.7 Å². The number of methoxy groups -OCH3 is 1. The Balaban J connectivity index is 2.20. The topological polar surface area (TPSA) is 35.2 Å². The molecule has 106 valence electrons. The zero-order valence-corrected chi connectivity index (χ0v) is 12.1. The van der Waals surface area contributed by atoms with E-state index in [9.17, 15) is 4.39 Å². The summed E-state index contributed by atoms with van der Waals surface area (Å²) in [4.78, 5) is 0. The van der Waals surface area contributed by atoms with E-state index in [0.717, 1.165) is 19.3 Å². The minimum Gasteiger partial charge on any atom is -0.494 e. The molecule has 1 saturated carbocycles. The van der Waals surface area contributed by atoms with Crippen LogP contribution in [0.15, 0.2) is 18.2 Å². The highest BCUT2D eigenvalue weighted by atomic mass is 19.1. The average molecular weight is 265 g/mol. The zero-order chi connectivity index (χ0) is 14.1. The predicted octanol–water partition coefficient (Wildman–Crippen LogP) is 3.67. The van der Waals surface area contributed by atoms with Crippen molar-refractivity contribution in [3.63, 3.8) is 0 Å². The highest BCUT2D eigenvalue weighted by molar-refractivity contribution is 5.32. The van der Waals surface area contributed by atoms with Crippen LogP contribution in [0.4, 0.5) is 4.39 Å². The van der Waals surface area contributed by atoms with Crippen molar-refractivity contribution in [1.29, 1.82) is 0 Å². The van der Waals surface area contributed by atoms with E-state index < -0.39 is 0 Å². The lowest BCUT2D eigenvalue weighted by atomic mass is 9.66. The third kappa shape index (κ3) is 3.27. The number of hydrogen-bond donors (Lipinski definition) is 1. The molecule has 3 heteroatoms. The van der Waals surface area contributed by atoms with Crippen LogP contribution in [0, 0.1) is 11.2 Å². The Hall–Kier alpha value is -1.09. The maximum absolute atomic E-state index is 14.2. The van der Waals surface area contributed by atoms with Crippen LogP contribution < -0.4 is 10.5 Å². The molecule has 19 heavy (non-hydrogen) atoms. The maximum Gasteiger partial charge on any atom is 0.168 e. The van der Waals surface area contributed by atoms with Crippen molar-refractivity contribution in [1.82, 2.24) is 0 Å². The molecule has 1 aliphatic carbocycles. The van der Waals surface area contributed by atoms with Gasteiger partial charge >= 0.3 is 0 Å². The molecule has 0 spiro atoms. The maximum atomic E-state index is 14.2. The summed E-state index contributed by atoms with van der Waals surface area (Å²) in [6.45, 7) is 4.49. The standard InChI is InChI=1S/C16H24FNO/c1-15(2)8-5-9-16(18,11-15)10-12-6-4-7-13(19-3)14(12)17/h4,6-7H,5,8-11,18H2,1-3H3. The summed E-state index contributed by atoms with van der Waals surface area (Å²) in [6, 6.07) is 5.29. The first-order chi connectivity index (χ1) is 8.85. The third-order valence-electron chi connectivity index (χ3n) is 4.16.